The van der Waals surface area contributed by atoms with Crippen LogP contribution >= 0.6 is 11.8 Å². The summed E-state index contributed by atoms with van der Waals surface area (Å²) in [5, 5.41) is 2.97. The lowest BCUT2D eigenvalue weighted by Crippen LogP contribution is -2.25. The zero-order valence-electron chi connectivity index (χ0n) is 11.0. The minimum absolute atomic E-state index is 0.172. The van der Waals surface area contributed by atoms with Crippen LogP contribution < -0.4 is 5.32 Å². The molecule has 18 heavy (non-hydrogen) atoms. The number of carbonyl (C=O) groups is 1. The molecular weight excluding hydrogens is 242 g/mol. The van der Waals surface area contributed by atoms with Gasteiger partial charge in [0.15, 0.2) is 0 Å². The maximum absolute atomic E-state index is 11.4. The van der Waals surface area contributed by atoms with Crippen LogP contribution in [-0.2, 0) is 17.6 Å². The van der Waals surface area contributed by atoms with E-state index in [9.17, 15) is 4.79 Å². The summed E-state index contributed by atoms with van der Waals surface area (Å²) in [6.45, 7) is 2.78. The van der Waals surface area contributed by atoms with Crippen LogP contribution in [0.25, 0.3) is 0 Å². The number of benzene rings is 1. The molecule has 0 aliphatic carbocycles. The van der Waals surface area contributed by atoms with E-state index in [2.05, 4.69) is 23.5 Å². The van der Waals surface area contributed by atoms with Gasteiger partial charge in [-0.2, -0.15) is 0 Å². The summed E-state index contributed by atoms with van der Waals surface area (Å²) in [5.41, 5.74) is 2.83. The number of rotatable bonds is 5. The van der Waals surface area contributed by atoms with Gasteiger partial charge in [0.05, 0.1) is 0 Å². The molecule has 0 unspecified atom stereocenters. The van der Waals surface area contributed by atoms with Gasteiger partial charge in [-0.25, -0.2) is 0 Å². The topological polar surface area (TPSA) is 29.1 Å². The van der Waals surface area contributed by atoms with Crippen molar-refractivity contribution in [1.29, 1.82) is 0 Å². The van der Waals surface area contributed by atoms with Crippen molar-refractivity contribution < 1.29 is 4.79 Å². The van der Waals surface area contributed by atoms with E-state index in [4.69, 9.17) is 0 Å². The first-order valence-electron chi connectivity index (χ1n) is 6.81. The largest absolute Gasteiger partial charge is 0.356 e. The van der Waals surface area contributed by atoms with E-state index in [1.54, 1.807) is 0 Å². The van der Waals surface area contributed by atoms with Crippen molar-refractivity contribution >= 4 is 17.7 Å². The van der Waals surface area contributed by atoms with Gasteiger partial charge in [-0.3, -0.25) is 4.79 Å². The Balaban J connectivity index is 1.84. The highest BCUT2D eigenvalue weighted by Gasteiger charge is 2.09. The zero-order valence-corrected chi connectivity index (χ0v) is 11.8. The Morgan fingerprint density at radius 2 is 2.33 bits per heavy atom. The molecule has 0 radical (unpaired) electrons. The molecule has 1 aromatic rings. The molecule has 1 N–H and O–H groups in total. The summed E-state index contributed by atoms with van der Waals surface area (Å²) >= 11 is 1.96. The SMILES string of the molecule is CCCC(=O)NCCc1ccc2c(c1)CCCS2. The van der Waals surface area contributed by atoms with Crippen molar-refractivity contribution in [3.63, 3.8) is 0 Å². The van der Waals surface area contributed by atoms with Gasteiger partial charge in [0.25, 0.3) is 0 Å². The first-order valence-corrected chi connectivity index (χ1v) is 7.79. The summed E-state index contributed by atoms with van der Waals surface area (Å²) < 4.78 is 0. The van der Waals surface area contributed by atoms with Crippen LogP contribution in [-0.4, -0.2) is 18.2 Å². The Kier molecular flexibility index (Phi) is 5.12. The molecule has 0 saturated carbocycles. The van der Waals surface area contributed by atoms with E-state index >= 15 is 0 Å². The third kappa shape index (κ3) is 3.77. The fourth-order valence-electron chi connectivity index (χ4n) is 2.23. The summed E-state index contributed by atoms with van der Waals surface area (Å²) in [7, 11) is 0. The Morgan fingerprint density at radius 1 is 1.44 bits per heavy atom. The summed E-state index contributed by atoms with van der Waals surface area (Å²) in [5.74, 6) is 1.42. The maximum atomic E-state index is 11.4. The number of aryl methyl sites for hydroxylation is 1. The number of nitrogens with one attached hydrogen (secondary N) is 1. The Hall–Kier alpha value is -0.960. The van der Waals surface area contributed by atoms with Crippen LogP contribution in [0, 0.1) is 0 Å². The average molecular weight is 263 g/mol. The molecule has 0 bridgehead atoms. The van der Waals surface area contributed by atoms with Gasteiger partial charge in [0, 0.05) is 17.9 Å². The highest BCUT2D eigenvalue weighted by molar-refractivity contribution is 7.99. The summed E-state index contributed by atoms with van der Waals surface area (Å²) in [4.78, 5) is 12.8. The fourth-order valence-corrected chi connectivity index (χ4v) is 3.25. The normalized spacial score (nSPS) is 14.1. The molecule has 1 heterocycles. The van der Waals surface area contributed by atoms with E-state index in [1.807, 2.05) is 18.7 Å². The predicted octanol–water partition coefficient (Wildman–Crippen LogP) is 3.18. The summed E-state index contributed by atoms with van der Waals surface area (Å²) in [6, 6.07) is 6.75. The second-order valence-corrected chi connectivity index (χ2v) is 5.88. The standard InChI is InChI=1S/C15H21NOS/c1-2-4-15(17)16-9-8-12-6-7-14-13(11-12)5-3-10-18-14/h6-7,11H,2-5,8-10H2,1H3,(H,16,17). The van der Waals surface area contributed by atoms with Crippen LogP contribution in [0.5, 0.6) is 0 Å². The number of carbonyl (C=O) groups excluding carboxylic acids is 1. The highest BCUT2D eigenvalue weighted by atomic mass is 32.2. The number of fused-ring (bicyclic) bond motifs is 1. The van der Waals surface area contributed by atoms with Crippen LogP contribution in [0.2, 0.25) is 0 Å². The van der Waals surface area contributed by atoms with Gasteiger partial charge in [-0.05, 0) is 48.6 Å². The molecule has 0 aromatic heterocycles. The first kappa shape index (κ1) is 13.5. The monoisotopic (exact) mass is 263 g/mol. The Labute approximate surface area is 114 Å². The zero-order chi connectivity index (χ0) is 12.8. The summed E-state index contributed by atoms with van der Waals surface area (Å²) in [6.07, 6.45) is 4.99. The lowest BCUT2D eigenvalue weighted by molar-refractivity contribution is -0.121. The van der Waals surface area contributed by atoms with Gasteiger partial charge in [-0.15, -0.1) is 11.8 Å². The van der Waals surface area contributed by atoms with Crippen molar-refractivity contribution in [1.82, 2.24) is 5.32 Å². The third-order valence-electron chi connectivity index (χ3n) is 3.19. The molecule has 0 fully saturated rings. The van der Waals surface area contributed by atoms with Gasteiger partial charge in [0.2, 0.25) is 5.91 Å². The van der Waals surface area contributed by atoms with Gasteiger partial charge >= 0.3 is 0 Å². The average Bonchev–Trinajstić information content (AvgIpc) is 2.39. The predicted molar refractivity (Wildman–Crippen MR) is 77.1 cm³/mol. The fraction of sp³-hybridized carbons (Fsp3) is 0.533. The quantitative estimate of drug-likeness (QED) is 0.884. The minimum Gasteiger partial charge on any atom is -0.356 e. The van der Waals surface area contributed by atoms with E-state index < -0.39 is 0 Å². The first-order chi connectivity index (χ1) is 8.79. The molecule has 0 spiro atoms. The van der Waals surface area contributed by atoms with Crippen molar-refractivity contribution in [2.75, 3.05) is 12.3 Å². The second kappa shape index (κ2) is 6.83. The van der Waals surface area contributed by atoms with Crippen LogP contribution in [0.3, 0.4) is 0 Å². The second-order valence-electron chi connectivity index (χ2n) is 4.74. The van der Waals surface area contributed by atoms with Crippen molar-refractivity contribution in [2.24, 2.45) is 0 Å². The Bertz CT molecular complexity index is 417. The van der Waals surface area contributed by atoms with Gasteiger partial charge < -0.3 is 5.32 Å². The van der Waals surface area contributed by atoms with E-state index in [0.29, 0.717) is 6.42 Å². The molecule has 2 nitrogen and oxygen atoms in total. The maximum Gasteiger partial charge on any atom is 0.219 e. The number of thioether (sulfide) groups is 1. The van der Waals surface area contributed by atoms with Crippen molar-refractivity contribution in [3.8, 4) is 0 Å². The number of hydrogen-bond donors (Lipinski definition) is 1. The Morgan fingerprint density at radius 3 is 3.17 bits per heavy atom. The molecular formula is C15H21NOS. The van der Waals surface area contributed by atoms with Gasteiger partial charge in [0.1, 0.15) is 0 Å². The third-order valence-corrected chi connectivity index (χ3v) is 4.39. The van der Waals surface area contributed by atoms with Crippen LogP contribution in [0.15, 0.2) is 23.1 Å². The lowest BCUT2D eigenvalue weighted by Gasteiger charge is -2.16. The van der Waals surface area contributed by atoms with E-state index in [-0.39, 0.29) is 5.91 Å². The molecule has 1 aliphatic rings. The molecule has 1 amide bonds. The number of amides is 1. The van der Waals surface area contributed by atoms with Crippen molar-refractivity contribution in [2.45, 2.75) is 43.9 Å². The van der Waals surface area contributed by atoms with E-state index in [1.165, 1.54) is 34.6 Å². The molecule has 98 valence electrons. The van der Waals surface area contributed by atoms with Crippen molar-refractivity contribution in [3.05, 3.63) is 29.3 Å². The minimum atomic E-state index is 0.172. The van der Waals surface area contributed by atoms with Crippen LogP contribution in [0.4, 0.5) is 0 Å². The molecule has 1 aromatic carbocycles. The highest BCUT2D eigenvalue weighted by Crippen LogP contribution is 2.30. The van der Waals surface area contributed by atoms with Gasteiger partial charge in [-0.1, -0.05) is 19.1 Å². The smallest absolute Gasteiger partial charge is 0.219 e. The molecule has 0 saturated heterocycles. The van der Waals surface area contributed by atoms with E-state index in [0.717, 1.165) is 19.4 Å². The van der Waals surface area contributed by atoms with Crippen LogP contribution in [0.1, 0.15) is 37.3 Å². The molecule has 3 heteroatoms. The molecule has 2 rings (SSSR count). The molecule has 0 atom stereocenters. The number of hydrogen-bond acceptors (Lipinski definition) is 2. The molecule has 1 aliphatic heterocycles. The lowest BCUT2D eigenvalue weighted by atomic mass is 10.0.